The van der Waals surface area contributed by atoms with Crippen molar-refractivity contribution in [3.63, 3.8) is 0 Å². The molecule has 1 heterocycles. The van der Waals surface area contributed by atoms with Crippen molar-refractivity contribution in [3.8, 4) is 0 Å². The van der Waals surface area contributed by atoms with Crippen LogP contribution in [0.2, 0.25) is 0 Å². The molecule has 3 heteroatoms. The van der Waals surface area contributed by atoms with E-state index in [0.717, 1.165) is 5.56 Å². The van der Waals surface area contributed by atoms with Crippen molar-refractivity contribution in [1.29, 1.82) is 0 Å². The maximum Gasteiger partial charge on any atom is 0.363 e. The zero-order valence-corrected chi connectivity index (χ0v) is 10.2. The molecule has 1 aliphatic heterocycles. The Hall–Kier alpha value is -1.90. The van der Waals surface area contributed by atoms with E-state index in [2.05, 4.69) is 18.8 Å². The molecule has 0 N–H and O–H groups in total. The van der Waals surface area contributed by atoms with Crippen LogP contribution in [0.4, 0.5) is 0 Å². The Balaban J connectivity index is 2.28. The number of cyclic esters (lactones) is 1. The van der Waals surface area contributed by atoms with Gasteiger partial charge in [0.25, 0.3) is 0 Å². The largest absolute Gasteiger partial charge is 0.402 e. The van der Waals surface area contributed by atoms with Crippen LogP contribution in [-0.2, 0) is 9.53 Å². The molecular formula is C14H15NO2. The van der Waals surface area contributed by atoms with Gasteiger partial charge in [-0.25, -0.2) is 9.79 Å². The maximum absolute atomic E-state index is 11.4. The summed E-state index contributed by atoms with van der Waals surface area (Å²) >= 11 is 0. The van der Waals surface area contributed by atoms with Gasteiger partial charge in [0, 0.05) is 5.56 Å². The molecule has 1 aromatic carbocycles. The van der Waals surface area contributed by atoms with Gasteiger partial charge < -0.3 is 4.74 Å². The lowest BCUT2D eigenvalue weighted by Crippen LogP contribution is -2.05. The van der Waals surface area contributed by atoms with E-state index in [9.17, 15) is 4.79 Å². The first kappa shape index (κ1) is 11.6. The predicted molar refractivity (Wildman–Crippen MR) is 66.9 cm³/mol. The van der Waals surface area contributed by atoms with E-state index in [4.69, 9.17) is 4.74 Å². The molecule has 0 aliphatic carbocycles. The molecule has 0 aromatic heterocycles. The van der Waals surface area contributed by atoms with Gasteiger partial charge in [-0.15, -0.1) is 0 Å². The van der Waals surface area contributed by atoms with E-state index < -0.39 is 0 Å². The van der Waals surface area contributed by atoms with E-state index >= 15 is 0 Å². The van der Waals surface area contributed by atoms with E-state index in [1.54, 1.807) is 13.0 Å². The van der Waals surface area contributed by atoms with Crippen molar-refractivity contribution in [3.05, 3.63) is 47.2 Å². The van der Waals surface area contributed by atoms with Crippen LogP contribution >= 0.6 is 0 Å². The molecule has 0 bridgehead atoms. The minimum Gasteiger partial charge on any atom is -0.402 e. The fourth-order valence-corrected chi connectivity index (χ4v) is 1.63. The summed E-state index contributed by atoms with van der Waals surface area (Å²) in [5, 5.41) is 0. The van der Waals surface area contributed by atoms with E-state index in [0.29, 0.717) is 17.5 Å². The number of carbonyl (C=O) groups excluding carboxylic acids is 1. The van der Waals surface area contributed by atoms with Gasteiger partial charge in [-0.05, 0) is 30.5 Å². The van der Waals surface area contributed by atoms with Crippen LogP contribution < -0.4 is 0 Å². The monoisotopic (exact) mass is 229 g/mol. The third kappa shape index (κ3) is 2.28. The Kier molecular flexibility index (Phi) is 3.09. The number of hydrogen-bond donors (Lipinski definition) is 0. The highest BCUT2D eigenvalue weighted by Gasteiger charge is 2.23. The van der Waals surface area contributed by atoms with Gasteiger partial charge >= 0.3 is 5.97 Å². The Morgan fingerprint density at radius 1 is 1.24 bits per heavy atom. The number of benzene rings is 1. The minimum absolute atomic E-state index is 0.368. The lowest BCUT2D eigenvalue weighted by molar-refractivity contribution is -0.130. The van der Waals surface area contributed by atoms with Gasteiger partial charge in [-0.1, -0.05) is 32.1 Å². The molecule has 17 heavy (non-hydrogen) atoms. The number of ether oxygens (including phenoxy) is 1. The summed E-state index contributed by atoms with van der Waals surface area (Å²) in [6, 6.07) is 7.92. The van der Waals surface area contributed by atoms with E-state index in [1.165, 1.54) is 5.56 Å². The Bertz CT molecular complexity index is 495. The zero-order valence-electron chi connectivity index (χ0n) is 10.2. The smallest absolute Gasteiger partial charge is 0.363 e. The molecule has 0 saturated carbocycles. The highest BCUT2D eigenvalue weighted by atomic mass is 16.6. The predicted octanol–water partition coefficient (Wildman–Crippen LogP) is 3.02. The first-order valence-electron chi connectivity index (χ1n) is 5.69. The number of nitrogens with zero attached hydrogens (tertiary/aromatic N) is 1. The lowest BCUT2D eigenvalue weighted by atomic mass is 10.0. The lowest BCUT2D eigenvalue weighted by Gasteiger charge is -2.05. The minimum atomic E-state index is -0.379. The van der Waals surface area contributed by atoms with Gasteiger partial charge in [0.15, 0.2) is 0 Å². The highest BCUT2D eigenvalue weighted by Crippen LogP contribution is 2.19. The summed E-state index contributed by atoms with van der Waals surface area (Å²) < 4.78 is 5.09. The van der Waals surface area contributed by atoms with Crippen molar-refractivity contribution in [2.24, 2.45) is 4.99 Å². The van der Waals surface area contributed by atoms with Crippen LogP contribution in [0.15, 0.2) is 41.0 Å². The first-order chi connectivity index (χ1) is 8.11. The average molecular weight is 229 g/mol. The second-order valence-electron chi connectivity index (χ2n) is 4.26. The second kappa shape index (κ2) is 4.53. The molecule has 0 spiro atoms. The van der Waals surface area contributed by atoms with Gasteiger partial charge in [0.1, 0.15) is 5.70 Å². The van der Waals surface area contributed by atoms with Crippen LogP contribution in [0.5, 0.6) is 0 Å². The van der Waals surface area contributed by atoms with Gasteiger partial charge in [0.2, 0.25) is 5.90 Å². The molecule has 0 atom stereocenters. The normalized spacial score (nSPS) is 17.5. The van der Waals surface area contributed by atoms with Crippen LogP contribution in [-0.4, -0.2) is 11.9 Å². The summed E-state index contributed by atoms with van der Waals surface area (Å²) in [5.74, 6) is 0.497. The van der Waals surface area contributed by atoms with Gasteiger partial charge in [0.05, 0.1) is 0 Å². The zero-order chi connectivity index (χ0) is 12.4. The topological polar surface area (TPSA) is 38.7 Å². The van der Waals surface area contributed by atoms with Crippen LogP contribution in [0, 0.1) is 0 Å². The van der Waals surface area contributed by atoms with Crippen LogP contribution in [0.1, 0.15) is 37.8 Å². The Morgan fingerprint density at radius 2 is 1.88 bits per heavy atom. The third-order valence-corrected chi connectivity index (χ3v) is 2.72. The number of esters is 1. The molecule has 2 rings (SSSR count). The Labute approximate surface area is 101 Å². The van der Waals surface area contributed by atoms with Crippen LogP contribution in [0.25, 0.3) is 0 Å². The standard InChI is InChI=1S/C14H15NO2/c1-4-12-14(16)17-13(15-12)11-7-5-10(6-8-11)9(2)3/h4-9H,1-3H3/b12-4+. The summed E-state index contributed by atoms with van der Waals surface area (Å²) in [7, 11) is 0. The summed E-state index contributed by atoms with van der Waals surface area (Å²) in [5.41, 5.74) is 2.46. The molecule has 3 nitrogen and oxygen atoms in total. The molecule has 0 radical (unpaired) electrons. The number of hydrogen-bond acceptors (Lipinski definition) is 3. The highest BCUT2D eigenvalue weighted by molar-refractivity contribution is 6.11. The molecule has 88 valence electrons. The van der Waals surface area contributed by atoms with E-state index in [-0.39, 0.29) is 5.97 Å². The number of aliphatic imine (C=N–C) groups is 1. The van der Waals surface area contributed by atoms with Gasteiger partial charge in [-0.2, -0.15) is 0 Å². The maximum atomic E-state index is 11.4. The summed E-state index contributed by atoms with van der Waals surface area (Å²) in [6.07, 6.45) is 1.65. The molecule has 1 aromatic rings. The molecule has 1 aliphatic rings. The molecule has 0 saturated heterocycles. The fraction of sp³-hybridized carbons (Fsp3) is 0.286. The number of rotatable bonds is 2. The Morgan fingerprint density at radius 3 is 2.35 bits per heavy atom. The molecular weight excluding hydrogens is 214 g/mol. The van der Waals surface area contributed by atoms with Crippen molar-refractivity contribution in [2.75, 3.05) is 0 Å². The van der Waals surface area contributed by atoms with E-state index in [1.807, 2.05) is 24.3 Å². The van der Waals surface area contributed by atoms with Crippen molar-refractivity contribution in [2.45, 2.75) is 26.7 Å². The second-order valence-corrected chi connectivity index (χ2v) is 4.26. The van der Waals surface area contributed by atoms with Gasteiger partial charge in [-0.3, -0.25) is 0 Å². The number of carbonyl (C=O) groups is 1. The SMILES string of the molecule is C/C=C1/N=C(c2ccc(C(C)C)cc2)OC1=O. The average Bonchev–Trinajstić information content (AvgIpc) is 2.70. The van der Waals surface area contributed by atoms with Crippen molar-refractivity contribution >= 4 is 11.9 Å². The van der Waals surface area contributed by atoms with Crippen molar-refractivity contribution < 1.29 is 9.53 Å². The molecule has 0 fully saturated rings. The third-order valence-electron chi connectivity index (χ3n) is 2.72. The quantitative estimate of drug-likeness (QED) is 0.577. The summed E-state index contributed by atoms with van der Waals surface area (Å²) in [6.45, 7) is 6.05. The summed E-state index contributed by atoms with van der Waals surface area (Å²) in [4.78, 5) is 15.5. The fourth-order valence-electron chi connectivity index (χ4n) is 1.63. The number of allylic oxidation sites excluding steroid dienone is 1. The molecule has 0 unspecified atom stereocenters. The van der Waals surface area contributed by atoms with Crippen molar-refractivity contribution in [1.82, 2.24) is 0 Å². The first-order valence-corrected chi connectivity index (χ1v) is 5.69. The molecule has 0 amide bonds. The van der Waals surface area contributed by atoms with Crippen LogP contribution in [0.3, 0.4) is 0 Å².